The van der Waals surface area contributed by atoms with Crippen LogP contribution >= 0.6 is 0 Å². The highest BCUT2D eigenvalue weighted by atomic mass is 19.1. The highest BCUT2D eigenvalue weighted by molar-refractivity contribution is 5.45. The van der Waals surface area contributed by atoms with E-state index in [9.17, 15) is 8.78 Å². The molecule has 90 valence electrons. The molecule has 0 bridgehead atoms. The smallest absolute Gasteiger partial charge is 0.128 e. The van der Waals surface area contributed by atoms with Gasteiger partial charge in [0.1, 0.15) is 17.4 Å². The van der Waals surface area contributed by atoms with E-state index in [-0.39, 0.29) is 6.04 Å². The van der Waals surface area contributed by atoms with E-state index in [1.165, 1.54) is 12.1 Å². The summed E-state index contributed by atoms with van der Waals surface area (Å²) >= 11 is 0. The topological polar surface area (TPSA) is 25.2 Å². The van der Waals surface area contributed by atoms with E-state index < -0.39 is 11.6 Å². The predicted octanol–water partition coefficient (Wildman–Crippen LogP) is 4.12. The molecule has 2 aromatic rings. The number of hydrogen-bond donors (Lipinski definition) is 1. The van der Waals surface area contributed by atoms with Crippen LogP contribution in [0.4, 0.5) is 14.5 Å². The molecule has 2 nitrogen and oxygen atoms in total. The molecular formula is C13H13F2NO. The Labute approximate surface area is 98.3 Å². The number of furan rings is 1. The minimum Gasteiger partial charge on any atom is -0.467 e. The summed E-state index contributed by atoms with van der Waals surface area (Å²) in [6, 6.07) is 6.89. The maximum atomic E-state index is 13.0. The lowest BCUT2D eigenvalue weighted by atomic mass is 10.1. The van der Waals surface area contributed by atoms with Crippen molar-refractivity contribution in [2.75, 3.05) is 5.32 Å². The van der Waals surface area contributed by atoms with Crippen LogP contribution in [0.1, 0.15) is 25.1 Å². The second kappa shape index (κ2) is 4.99. The molecule has 0 aliphatic heterocycles. The van der Waals surface area contributed by atoms with Gasteiger partial charge in [-0.05, 0) is 30.7 Å². The lowest BCUT2D eigenvalue weighted by molar-refractivity contribution is 0.473. The Balaban J connectivity index is 2.18. The first kappa shape index (κ1) is 11.6. The summed E-state index contributed by atoms with van der Waals surface area (Å²) in [7, 11) is 0. The molecule has 0 spiro atoms. The van der Waals surface area contributed by atoms with Gasteiger partial charge in [0.2, 0.25) is 0 Å². The maximum absolute atomic E-state index is 13.0. The summed E-state index contributed by atoms with van der Waals surface area (Å²) in [4.78, 5) is 0. The minimum absolute atomic E-state index is 0.0915. The molecule has 17 heavy (non-hydrogen) atoms. The zero-order valence-electron chi connectivity index (χ0n) is 9.41. The zero-order chi connectivity index (χ0) is 12.3. The second-order valence-electron chi connectivity index (χ2n) is 3.78. The van der Waals surface area contributed by atoms with E-state index in [1.807, 2.05) is 13.0 Å². The van der Waals surface area contributed by atoms with Gasteiger partial charge in [-0.25, -0.2) is 8.78 Å². The van der Waals surface area contributed by atoms with Crippen molar-refractivity contribution < 1.29 is 13.2 Å². The van der Waals surface area contributed by atoms with Crippen molar-refractivity contribution in [1.29, 1.82) is 0 Å². The standard InChI is InChI=1S/C13H13F2NO/c1-2-12(13-4-3-5-17-13)16-11-7-9(14)6-10(15)8-11/h3-8,12,16H,2H2,1H3. The molecule has 4 heteroatoms. The van der Waals surface area contributed by atoms with Gasteiger partial charge in [-0.1, -0.05) is 6.92 Å². The lowest BCUT2D eigenvalue weighted by Crippen LogP contribution is -2.09. The number of anilines is 1. The first-order valence-electron chi connectivity index (χ1n) is 5.45. The molecule has 2 rings (SSSR count). The fourth-order valence-electron chi connectivity index (χ4n) is 1.70. The SMILES string of the molecule is CCC(Nc1cc(F)cc(F)c1)c1ccco1. The van der Waals surface area contributed by atoms with Gasteiger partial charge in [0.15, 0.2) is 0 Å². The maximum Gasteiger partial charge on any atom is 0.128 e. The van der Waals surface area contributed by atoms with Crippen LogP contribution in [-0.4, -0.2) is 0 Å². The van der Waals surface area contributed by atoms with E-state index >= 15 is 0 Å². The number of benzene rings is 1. The number of rotatable bonds is 4. The highest BCUT2D eigenvalue weighted by Gasteiger charge is 2.12. The molecule has 1 N–H and O–H groups in total. The molecule has 0 radical (unpaired) electrons. The Morgan fingerprint density at radius 3 is 2.47 bits per heavy atom. The third-order valence-corrected chi connectivity index (χ3v) is 2.50. The fourth-order valence-corrected chi connectivity index (χ4v) is 1.70. The second-order valence-corrected chi connectivity index (χ2v) is 3.78. The number of hydrogen-bond acceptors (Lipinski definition) is 2. The Morgan fingerprint density at radius 1 is 1.24 bits per heavy atom. The molecule has 1 atom stereocenters. The van der Waals surface area contributed by atoms with Gasteiger partial charge in [0.05, 0.1) is 12.3 Å². The van der Waals surface area contributed by atoms with Gasteiger partial charge in [-0.15, -0.1) is 0 Å². The summed E-state index contributed by atoms with van der Waals surface area (Å²) in [5.41, 5.74) is 0.408. The van der Waals surface area contributed by atoms with E-state index in [4.69, 9.17) is 4.42 Å². The van der Waals surface area contributed by atoms with Crippen LogP contribution in [0.15, 0.2) is 41.0 Å². The average Bonchev–Trinajstić information content (AvgIpc) is 2.77. The quantitative estimate of drug-likeness (QED) is 0.865. The van der Waals surface area contributed by atoms with E-state index in [0.29, 0.717) is 5.69 Å². The van der Waals surface area contributed by atoms with Crippen molar-refractivity contribution in [2.24, 2.45) is 0 Å². The summed E-state index contributed by atoms with van der Waals surface area (Å²) in [6.45, 7) is 1.97. The van der Waals surface area contributed by atoms with Gasteiger partial charge >= 0.3 is 0 Å². The number of nitrogens with one attached hydrogen (secondary N) is 1. The van der Waals surface area contributed by atoms with Crippen LogP contribution in [0.3, 0.4) is 0 Å². The van der Waals surface area contributed by atoms with Gasteiger partial charge in [-0.3, -0.25) is 0 Å². The average molecular weight is 237 g/mol. The summed E-state index contributed by atoms with van der Waals surface area (Å²) in [6.07, 6.45) is 2.33. The molecule has 1 aromatic carbocycles. The normalized spacial score (nSPS) is 12.4. The van der Waals surface area contributed by atoms with Crippen LogP contribution in [0.2, 0.25) is 0 Å². The van der Waals surface area contributed by atoms with Crippen molar-refractivity contribution in [1.82, 2.24) is 0 Å². The molecule has 0 aliphatic carbocycles. The monoisotopic (exact) mass is 237 g/mol. The fraction of sp³-hybridized carbons (Fsp3) is 0.231. The van der Waals surface area contributed by atoms with Crippen molar-refractivity contribution in [3.8, 4) is 0 Å². The van der Waals surface area contributed by atoms with Gasteiger partial charge in [-0.2, -0.15) is 0 Å². The van der Waals surface area contributed by atoms with E-state index in [0.717, 1.165) is 18.2 Å². The van der Waals surface area contributed by atoms with Crippen molar-refractivity contribution in [3.05, 3.63) is 54.0 Å². The van der Waals surface area contributed by atoms with Crippen LogP contribution < -0.4 is 5.32 Å². The van der Waals surface area contributed by atoms with Gasteiger partial charge < -0.3 is 9.73 Å². The largest absolute Gasteiger partial charge is 0.467 e. The van der Waals surface area contributed by atoms with Crippen molar-refractivity contribution in [2.45, 2.75) is 19.4 Å². The molecule has 0 saturated carbocycles. The minimum atomic E-state index is -0.596. The van der Waals surface area contributed by atoms with E-state index in [1.54, 1.807) is 12.3 Å². The molecule has 0 aliphatic rings. The molecular weight excluding hydrogens is 224 g/mol. The van der Waals surface area contributed by atoms with Crippen LogP contribution in [-0.2, 0) is 0 Å². The molecule has 1 heterocycles. The first-order chi connectivity index (χ1) is 8.19. The van der Waals surface area contributed by atoms with Crippen LogP contribution in [0, 0.1) is 11.6 Å². The molecule has 1 aromatic heterocycles. The molecule has 0 amide bonds. The Kier molecular flexibility index (Phi) is 3.42. The Bertz CT molecular complexity index is 462. The van der Waals surface area contributed by atoms with Gasteiger partial charge in [0.25, 0.3) is 0 Å². The third-order valence-electron chi connectivity index (χ3n) is 2.50. The molecule has 1 unspecified atom stereocenters. The van der Waals surface area contributed by atoms with Crippen molar-refractivity contribution in [3.63, 3.8) is 0 Å². The Hall–Kier alpha value is -1.84. The summed E-state index contributed by atoms with van der Waals surface area (Å²) in [5, 5.41) is 3.04. The highest BCUT2D eigenvalue weighted by Crippen LogP contribution is 2.23. The van der Waals surface area contributed by atoms with Crippen molar-refractivity contribution >= 4 is 5.69 Å². The molecule has 0 saturated heterocycles. The predicted molar refractivity (Wildman–Crippen MR) is 61.7 cm³/mol. The van der Waals surface area contributed by atoms with E-state index in [2.05, 4.69) is 5.32 Å². The first-order valence-corrected chi connectivity index (χ1v) is 5.45. The number of halogens is 2. The van der Waals surface area contributed by atoms with Crippen LogP contribution in [0.5, 0.6) is 0 Å². The summed E-state index contributed by atoms with van der Waals surface area (Å²) in [5.74, 6) is -0.444. The van der Waals surface area contributed by atoms with Gasteiger partial charge in [0, 0.05) is 11.8 Å². The molecule has 0 fully saturated rings. The lowest BCUT2D eigenvalue weighted by Gasteiger charge is -2.16. The summed E-state index contributed by atoms with van der Waals surface area (Å²) < 4.78 is 31.3. The third kappa shape index (κ3) is 2.84. The zero-order valence-corrected chi connectivity index (χ0v) is 9.41. The Morgan fingerprint density at radius 2 is 1.94 bits per heavy atom. The van der Waals surface area contributed by atoms with Crippen LogP contribution in [0.25, 0.3) is 0 Å².